The van der Waals surface area contributed by atoms with Gasteiger partial charge < -0.3 is 9.64 Å². The van der Waals surface area contributed by atoms with Crippen LogP contribution in [-0.4, -0.2) is 75.3 Å². The molecule has 0 unspecified atom stereocenters. The first-order valence-electron chi connectivity index (χ1n) is 8.18. The maximum atomic E-state index is 12.0. The van der Waals surface area contributed by atoms with Crippen molar-refractivity contribution < 1.29 is 9.53 Å². The highest BCUT2D eigenvalue weighted by Crippen LogP contribution is 2.11. The number of aromatic nitrogens is 4. The summed E-state index contributed by atoms with van der Waals surface area (Å²) in [6.07, 6.45) is 0. The lowest BCUT2D eigenvalue weighted by Gasteiger charge is -2.34. The van der Waals surface area contributed by atoms with Crippen molar-refractivity contribution in [2.75, 3.05) is 39.4 Å². The minimum absolute atomic E-state index is 0.0608. The van der Waals surface area contributed by atoms with Crippen LogP contribution in [0.15, 0.2) is 30.3 Å². The molecule has 2 aromatic rings. The Hall–Kier alpha value is -2.32. The number of hydrogen-bond acceptors (Lipinski definition) is 6. The lowest BCUT2D eigenvalue weighted by molar-refractivity contribution is -0.137. The average Bonchev–Trinajstić information content (AvgIpc) is 3.09. The number of ether oxygens (including phenoxy) is 1. The number of carbonyl (C=O) groups is 1. The molecular formula is C16H22N6O2. The van der Waals surface area contributed by atoms with E-state index in [2.05, 4.69) is 20.4 Å². The summed E-state index contributed by atoms with van der Waals surface area (Å²) in [6, 6.07) is 9.84. The van der Waals surface area contributed by atoms with Gasteiger partial charge >= 0.3 is 0 Å². The fourth-order valence-electron chi connectivity index (χ4n) is 2.71. The van der Waals surface area contributed by atoms with Gasteiger partial charge in [-0.2, -0.15) is 4.68 Å². The van der Waals surface area contributed by atoms with Crippen LogP contribution < -0.4 is 0 Å². The fraction of sp³-hybridized carbons (Fsp3) is 0.500. The highest BCUT2D eigenvalue weighted by Gasteiger charge is 2.22. The summed E-state index contributed by atoms with van der Waals surface area (Å²) in [5.74, 6) is 0.862. The number of para-hydroxylation sites is 1. The molecule has 1 amide bonds. The van der Waals surface area contributed by atoms with E-state index in [0.29, 0.717) is 26.2 Å². The quantitative estimate of drug-likeness (QED) is 0.760. The van der Waals surface area contributed by atoms with Gasteiger partial charge in [-0.1, -0.05) is 18.2 Å². The number of rotatable bonds is 6. The van der Waals surface area contributed by atoms with Crippen LogP contribution in [0.2, 0.25) is 0 Å². The third-order valence-electron chi connectivity index (χ3n) is 4.05. The molecule has 0 saturated carbocycles. The average molecular weight is 330 g/mol. The number of tetrazole rings is 1. The van der Waals surface area contributed by atoms with Gasteiger partial charge in [-0.15, -0.1) is 5.10 Å². The predicted octanol–water partition coefficient (Wildman–Crippen LogP) is 0.343. The van der Waals surface area contributed by atoms with E-state index >= 15 is 0 Å². The second-order valence-corrected chi connectivity index (χ2v) is 5.64. The van der Waals surface area contributed by atoms with Crippen molar-refractivity contribution in [1.82, 2.24) is 30.0 Å². The third-order valence-corrected chi connectivity index (χ3v) is 4.05. The van der Waals surface area contributed by atoms with Gasteiger partial charge in [0, 0.05) is 32.8 Å². The smallest absolute Gasteiger partial charge is 0.248 e. The number of piperazine rings is 1. The van der Waals surface area contributed by atoms with Crippen LogP contribution in [0.1, 0.15) is 12.7 Å². The van der Waals surface area contributed by atoms with E-state index < -0.39 is 0 Å². The van der Waals surface area contributed by atoms with E-state index in [1.807, 2.05) is 42.2 Å². The van der Waals surface area contributed by atoms with Crippen LogP contribution in [0.25, 0.3) is 5.69 Å². The molecule has 1 aromatic heterocycles. The van der Waals surface area contributed by atoms with Gasteiger partial charge in [0.05, 0.1) is 12.2 Å². The predicted molar refractivity (Wildman–Crippen MR) is 87.5 cm³/mol. The molecule has 8 nitrogen and oxygen atoms in total. The topological polar surface area (TPSA) is 76.4 Å². The molecule has 0 aliphatic carbocycles. The van der Waals surface area contributed by atoms with Gasteiger partial charge in [-0.3, -0.25) is 9.69 Å². The van der Waals surface area contributed by atoms with Crippen molar-refractivity contribution in [3.8, 4) is 5.69 Å². The zero-order valence-electron chi connectivity index (χ0n) is 13.8. The van der Waals surface area contributed by atoms with Gasteiger partial charge in [-0.25, -0.2) is 0 Å². The molecule has 128 valence electrons. The highest BCUT2D eigenvalue weighted by molar-refractivity contribution is 5.77. The van der Waals surface area contributed by atoms with Crippen molar-refractivity contribution in [3.05, 3.63) is 36.2 Å². The van der Waals surface area contributed by atoms with Crippen molar-refractivity contribution in [2.45, 2.75) is 13.5 Å². The standard InChI is InChI=1S/C16H22N6O2/c1-2-24-13-16(23)21-10-8-20(9-11-21)12-15-17-18-19-22(15)14-6-4-3-5-7-14/h3-7H,2,8-13H2,1H3. The Labute approximate surface area is 141 Å². The van der Waals surface area contributed by atoms with E-state index in [0.717, 1.165) is 24.6 Å². The van der Waals surface area contributed by atoms with Crippen molar-refractivity contribution in [1.29, 1.82) is 0 Å². The molecule has 1 aromatic carbocycles. The zero-order valence-corrected chi connectivity index (χ0v) is 13.8. The number of hydrogen-bond donors (Lipinski definition) is 0. The number of amides is 1. The lowest BCUT2D eigenvalue weighted by Crippen LogP contribution is -2.49. The summed E-state index contributed by atoms with van der Waals surface area (Å²) in [5, 5.41) is 12.0. The fourth-order valence-corrected chi connectivity index (χ4v) is 2.71. The van der Waals surface area contributed by atoms with Gasteiger partial charge in [0.2, 0.25) is 5.91 Å². The number of nitrogens with zero attached hydrogens (tertiary/aromatic N) is 6. The highest BCUT2D eigenvalue weighted by atomic mass is 16.5. The Kier molecular flexibility index (Phi) is 5.50. The van der Waals surface area contributed by atoms with Crippen LogP contribution in [0.4, 0.5) is 0 Å². The third kappa shape index (κ3) is 3.95. The largest absolute Gasteiger partial charge is 0.372 e. The van der Waals surface area contributed by atoms with Gasteiger partial charge in [0.15, 0.2) is 5.82 Å². The van der Waals surface area contributed by atoms with Gasteiger partial charge in [0.1, 0.15) is 6.61 Å². The Morgan fingerprint density at radius 1 is 1.17 bits per heavy atom. The van der Waals surface area contributed by atoms with Crippen LogP contribution in [0.5, 0.6) is 0 Å². The van der Waals surface area contributed by atoms with Crippen LogP contribution >= 0.6 is 0 Å². The van der Waals surface area contributed by atoms with E-state index in [1.54, 1.807) is 4.68 Å². The molecule has 0 N–H and O–H groups in total. The zero-order chi connectivity index (χ0) is 16.8. The maximum absolute atomic E-state index is 12.0. The minimum Gasteiger partial charge on any atom is -0.372 e. The first-order valence-corrected chi connectivity index (χ1v) is 8.18. The molecule has 0 atom stereocenters. The lowest BCUT2D eigenvalue weighted by atomic mass is 10.3. The molecule has 1 aliphatic rings. The molecule has 1 saturated heterocycles. The molecule has 3 rings (SSSR count). The number of benzene rings is 1. The SMILES string of the molecule is CCOCC(=O)N1CCN(Cc2nnnn2-c2ccccc2)CC1. The molecule has 0 spiro atoms. The molecule has 0 bridgehead atoms. The van der Waals surface area contributed by atoms with Crippen molar-refractivity contribution in [3.63, 3.8) is 0 Å². The van der Waals surface area contributed by atoms with Gasteiger partial charge in [-0.05, 0) is 29.5 Å². The Morgan fingerprint density at radius 3 is 2.62 bits per heavy atom. The summed E-state index contributed by atoms with van der Waals surface area (Å²) >= 11 is 0. The van der Waals surface area contributed by atoms with Crippen LogP contribution in [0, 0.1) is 0 Å². The van der Waals surface area contributed by atoms with E-state index in [9.17, 15) is 4.79 Å². The van der Waals surface area contributed by atoms with Crippen molar-refractivity contribution in [2.24, 2.45) is 0 Å². The summed E-state index contributed by atoms with van der Waals surface area (Å²) in [6.45, 7) is 6.31. The van der Waals surface area contributed by atoms with E-state index in [-0.39, 0.29) is 12.5 Å². The minimum atomic E-state index is 0.0608. The molecule has 8 heteroatoms. The molecule has 0 radical (unpaired) electrons. The first-order chi connectivity index (χ1) is 11.8. The normalized spacial score (nSPS) is 15.6. The summed E-state index contributed by atoms with van der Waals surface area (Å²) in [5.41, 5.74) is 0.947. The first kappa shape index (κ1) is 16.5. The second-order valence-electron chi connectivity index (χ2n) is 5.64. The van der Waals surface area contributed by atoms with Crippen molar-refractivity contribution >= 4 is 5.91 Å². The molecule has 24 heavy (non-hydrogen) atoms. The summed E-state index contributed by atoms with van der Waals surface area (Å²) in [4.78, 5) is 16.1. The monoisotopic (exact) mass is 330 g/mol. The molecule has 1 aliphatic heterocycles. The van der Waals surface area contributed by atoms with E-state index in [1.165, 1.54) is 0 Å². The maximum Gasteiger partial charge on any atom is 0.248 e. The molecular weight excluding hydrogens is 308 g/mol. The Bertz CT molecular complexity index is 652. The summed E-state index contributed by atoms with van der Waals surface area (Å²) in [7, 11) is 0. The Balaban J connectivity index is 1.56. The van der Waals surface area contributed by atoms with Crippen LogP contribution in [-0.2, 0) is 16.1 Å². The van der Waals surface area contributed by atoms with Gasteiger partial charge in [0.25, 0.3) is 0 Å². The Morgan fingerprint density at radius 2 is 1.92 bits per heavy atom. The van der Waals surface area contributed by atoms with E-state index in [4.69, 9.17) is 4.74 Å². The molecule has 1 fully saturated rings. The summed E-state index contributed by atoms with van der Waals surface area (Å²) < 4.78 is 6.95. The van der Waals surface area contributed by atoms with Crippen LogP contribution in [0.3, 0.4) is 0 Å². The number of carbonyl (C=O) groups excluding carboxylic acids is 1. The second kappa shape index (κ2) is 7.98. The molecule has 2 heterocycles.